The molecule has 2 rings (SSSR count). The molecule has 1 aliphatic rings. The molecule has 1 fully saturated rings. The summed E-state index contributed by atoms with van der Waals surface area (Å²) in [6, 6.07) is 5.81. The van der Waals surface area contributed by atoms with Gasteiger partial charge in [0, 0.05) is 18.7 Å². The van der Waals surface area contributed by atoms with Crippen LogP contribution in [-0.4, -0.2) is 35.6 Å². The Morgan fingerprint density at radius 2 is 2.24 bits per heavy atom. The summed E-state index contributed by atoms with van der Waals surface area (Å²) >= 11 is 0. The van der Waals surface area contributed by atoms with E-state index >= 15 is 0 Å². The van der Waals surface area contributed by atoms with Crippen LogP contribution < -0.4 is 0 Å². The first-order valence-electron chi connectivity index (χ1n) is 6.41. The summed E-state index contributed by atoms with van der Waals surface area (Å²) in [5, 5.41) is 11.0. The monoisotopic (exact) mass is 234 g/mol. The Kier molecular flexibility index (Phi) is 3.79. The summed E-state index contributed by atoms with van der Waals surface area (Å²) in [5.74, 6) is 0.293. The van der Waals surface area contributed by atoms with Crippen molar-refractivity contribution in [2.75, 3.05) is 20.6 Å². The highest BCUT2D eigenvalue weighted by Crippen LogP contribution is 2.40. The van der Waals surface area contributed by atoms with Crippen molar-refractivity contribution >= 4 is 0 Å². The van der Waals surface area contributed by atoms with Crippen LogP contribution in [0, 0.1) is 5.92 Å². The van der Waals surface area contributed by atoms with Crippen LogP contribution in [0.25, 0.3) is 0 Å². The number of aromatic nitrogens is 1. The fourth-order valence-electron chi connectivity index (χ4n) is 2.87. The van der Waals surface area contributed by atoms with Crippen molar-refractivity contribution in [2.45, 2.75) is 31.3 Å². The first kappa shape index (κ1) is 12.5. The molecule has 17 heavy (non-hydrogen) atoms. The summed E-state index contributed by atoms with van der Waals surface area (Å²) < 4.78 is 0. The number of hydrogen-bond donors (Lipinski definition) is 1. The average Bonchev–Trinajstić information content (AvgIpc) is 2.33. The maximum atomic E-state index is 11.0. The summed E-state index contributed by atoms with van der Waals surface area (Å²) in [6.45, 7) is 0.924. The second kappa shape index (κ2) is 5.15. The third-order valence-electron chi connectivity index (χ3n) is 3.73. The number of rotatable bonds is 3. The van der Waals surface area contributed by atoms with Crippen LogP contribution in [0.5, 0.6) is 0 Å². The van der Waals surface area contributed by atoms with E-state index in [1.54, 1.807) is 6.20 Å². The van der Waals surface area contributed by atoms with Gasteiger partial charge in [0.2, 0.25) is 0 Å². The minimum Gasteiger partial charge on any atom is -0.383 e. The van der Waals surface area contributed by atoms with Crippen LogP contribution in [0.2, 0.25) is 0 Å². The molecular formula is C14H22N2O. The maximum Gasteiger partial charge on any atom is 0.110 e. The molecule has 3 nitrogen and oxygen atoms in total. The van der Waals surface area contributed by atoms with Crippen molar-refractivity contribution in [3.8, 4) is 0 Å². The zero-order chi connectivity index (χ0) is 12.3. The molecule has 0 bridgehead atoms. The predicted molar refractivity (Wildman–Crippen MR) is 68.6 cm³/mol. The molecule has 1 aliphatic carbocycles. The van der Waals surface area contributed by atoms with E-state index in [-0.39, 0.29) is 0 Å². The van der Waals surface area contributed by atoms with E-state index in [0.717, 1.165) is 31.5 Å². The molecule has 0 spiro atoms. The van der Waals surface area contributed by atoms with Gasteiger partial charge in [-0.15, -0.1) is 0 Å². The summed E-state index contributed by atoms with van der Waals surface area (Å²) in [7, 11) is 4.13. The fraction of sp³-hybridized carbons (Fsp3) is 0.643. The molecule has 0 radical (unpaired) electrons. The highest BCUT2D eigenvalue weighted by Gasteiger charge is 2.41. The molecule has 0 amide bonds. The van der Waals surface area contributed by atoms with Gasteiger partial charge in [0.05, 0.1) is 5.69 Å². The lowest BCUT2D eigenvalue weighted by Crippen LogP contribution is -2.43. The van der Waals surface area contributed by atoms with Crippen molar-refractivity contribution in [3.63, 3.8) is 0 Å². The highest BCUT2D eigenvalue weighted by molar-refractivity contribution is 5.15. The minimum absolute atomic E-state index is 0.293. The third-order valence-corrected chi connectivity index (χ3v) is 3.73. The van der Waals surface area contributed by atoms with E-state index < -0.39 is 5.60 Å². The van der Waals surface area contributed by atoms with Crippen LogP contribution >= 0.6 is 0 Å². The number of hydrogen-bond acceptors (Lipinski definition) is 3. The van der Waals surface area contributed by atoms with Crippen LogP contribution in [0.15, 0.2) is 24.4 Å². The molecule has 1 saturated carbocycles. The Hall–Kier alpha value is -0.930. The fourth-order valence-corrected chi connectivity index (χ4v) is 2.87. The first-order valence-corrected chi connectivity index (χ1v) is 6.41. The van der Waals surface area contributed by atoms with Gasteiger partial charge in [-0.05, 0) is 39.1 Å². The van der Waals surface area contributed by atoms with Crippen LogP contribution in [0.3, 0.4) is 0 Å². The lowest BCUT2D eigenvalue weighted by atomic mass is 9.73. The zero-order valence-corrected chi connectivity index (χ0v) is 10.8. The van der Waals surface area contributed by atoms with Gasteiger partial charge < -0.3 is 10.0 Å². The highest BCUT2D eigenvalue weighted by atomic mass is 16.3. The second-order valence-corrected chi connectivity index (χ2v) is 5.34. The molecule has 3 heteroatoms. The molecule has 0 aliphatic heterocycles. The van der Waals surface area contributed by atoms with E-state index in [1.165, 1.54) is 6.42 Å². The Bertz CT molecular complexity index is 352. The van der Waals surface area contributed by atoms with Crippen molar-refractivity contribution < 1.29 is 5.11 Å². The molecule has 0 unspecified atom stereocenters. The Labute approximate surface area is 103 Å². The lowest BCUT2D eigenvalue weighted by Gasteiger charge is -2.40. The summed E-state index contributed by atoms with van der Waals surface area (Å²) in [4.78, 5) is 6.52. The molecule has 1 heterocycles. The van der Waals surface area contributed by atoms with Crippen LogP contribution in [-0.2, 0) is 5.60 Å². The van der Waals surface area contributed by atoms with Crippen molar-refractivity contribution in [1.29, 1.82) is 0 Å². The Balaban J connectivity index is 2.25. The third kappa shape index (κ3) is 2.67. The lowest BCUT2D eigenvalue weighted by molar-refractivity contribution is -0.0652. The van der Waals surface area contributed by atoms with Crippen molar-refractivity contribution in [1.82, 2.24) is 9.88 Å². The van der Waals surface area contributed by atoms with E-state index in [0.29, 0.717) is 5.92 Å². The van der Waals surface area contributed by atoms with Crippen molar-refractivity contribution in [3.05, 3.63) is 30.1 Å². The normalized spacial score (nSPS) is 29.5. The predicted octanol–water partition coefficient (Wildman–Crippen LogP) is 2.02. The number of nitrogens with zero attached hydrogens (tertiary/aromatic N) is 2. The quantitative estimate of drug-likeness (QED) is 0.869. The molecule has 94 valence electrons. The van der Waals surface area contributed by atoms with E-state index in [1.807, 2.05) is 18.2 Å². The van der Waals surface area contributed by atoms with Crippen LogP contribution in [0.4, 0.5) is 0 Å². The standard InChI is InChI=1S/C14H22N2O/c1-16(2)11-12-7-3-5-9-14(12,17)13-8-4-6-10-15-13/h4,6,8,10,12,17H,3,5,7,9,11H2,1-2H3/t12-,14-/m1/s1. The molecule has 1 N–H and O–H groups in total. The Morgan fingerprint density at radius 1 is 1.41 bits per heavy atom. The minimum atomic E-state index is -0.732. The first-order chi connectivity index (χ1) is 8.13. The van der Waals surface area contributed by atoms with Gasteiger partial charge in [-0.1, -0.05) is 18.9 Å². The molecule has 1 aromatic heterocycles. The Morgan fingerprint density at radius 3 is 2.88 bits per heavy atom. The molecule has 2 atom stereocenters. The smallest absolute Gasteiger partial charge is 0.110 e. The number of pyridine rings is 1. The van der Waals surface area contributed by atoms with Crippen LogP contribution in [0.1, 0.15) is 31.4 Å². The molecule has 0 saturated heterocycles. The van der Waals surface area contributed by atoms with Gasteiger partial charge in [0.15, 0.2) is 0 Å². The zero-order valence-electron chi connectivity index (χ0n) is 10.8. The maximum absolute atomic E-state index is 11.0. The SMILES string of the molecule is CN(C)C[C@H]1CCCC[C@]1(O)c1ccccn1. The van der Waals surface area contributed by atoms with Gasteiger partial charge in [0.25, 0.3) is 0 Å². The largest absolute Gasteiger partial charge is 0.383 e. The second-order valence-electron chi connectivity index (χ2n) is 5.34. The summed E-state index contributed by atoms with van der Waals surface area (Å²) in [5.41, 5.74) is 0.107. The van der Waals surface area contributed by atoms with Gasteiger partial charge in [-0.25, -0.2) is 0 Å². The van der Waals surface area contributed by atoms with Crippen molar-refractivity contribution in [2.24, 2.45) is 5.92 Å². The van der Waals surface area contributed by atoms with Gasteiger partial charge in [0.1, 0.15) is 5.60 Å². The number of aliphatic hydroxyl groups is 1. The van der Waals surface area contributed by atoms with E-state index in [4.69, 9.17) is 0 Å². The van der Waals surface area contributed by atoms with Gasteiger partial charge >= 0.3 is 0 Å². The van der Waals surface area contributed by atoms with Gasteiger partial charge in [-0.3, -0.25) is 4.98 Å². The summed E-state index contributed by atoms with van der Waals surface area (Å²) in [6.07, 6.45) is 6.01. The van der Waals surface area contributed by atoms with Gasteiger partial charge in [-0.2, -0.15) is 0 Å². The van der Waals surface area contributed by atoms with E-state index in [9.17, 15) is 5.11 Å². The average molecular weight is 234 g/mol. The molecule has 1 aromatic rings. The molecule has 0 aromatic carbocycles. The topological polar surface area (TPSA) is 36.4 Å². The van der Waals surface area contributed by atoms with E-state index in [2.05, 4.69) is 24.0 Å². The molecular weight excluding hydrogens is 212 g/mol.